The van der Waals surface area contributed by atoms with Gasteiger partial charge in [-0.3, -0.25) is 4.79 Å². The summed E-state index contributed by atoms with van der Waals surface area (Å²) in [7, 11) is 1.67. The van der Waals surface area contributed by atoms with Crippen molar-refractivity contribution < 1.29 is 9.53 Å². The van der Waals surface area contributed by atoms with Crippen LogP contribution < -0.4 is 19.9 Å². The second-order valence-corrected chi connectivity index (χ2v) is 7.73. The molecule has 0 aliphatic carbocycles. The van der Waals surface area contributed by atoms with Crippen molar-refractivity contribution in [2.75, 3.05) is 48.4 Å². The second kappa shape index (κ2) is 12.4. The number of amides is 1. The van der Waals surface area contributed by atoms with Gasteiger partial charge in [0.15, 0.2) is 5.82 Å². The number of nitrogens with one attached hydrogen (secondary N) is 1. The van der Waals surface area contributed by atoms with Gasteiger partial charge in [-0.25, -0.2) is 9.97 Å². The molecule has 0 bridgehead atoms. The minimum absolute atomic E-state index is 0.0572. The summed E-state index contributed by atoms with van der Waals surface area (Å²) in [4.78, 5) is 26.0. The molecule has 1 aromatic heterocycles. The molecule has 2 aromatic rings. The van der Waals surface area contributed by atoms with E-state index in [1.165, 1.54) is 0 Å². The summed E-state index contributed by atoms with van der Waals surface area (Å²) >= 11 is 4.49. The highest BCUT2D eigenvalue weighted by molar-refractivity contribution is 7.80. The fourth-order valence-electron chi connectivity index (χ4n) is 3.49. The zero-order valence-electron chi connectivity index (χ0n) is 19.3. The summed E-state index contributed by atoms with van der Waals surface area (Å²) < 4.78 is 5.35. The molecular formula is C23H35N5O2S. The van der Waals surface area contributed by atoms with Crippen molar-refractivity contribution in [3.63, 3.8) is 0 Å². The molecule has 0 radical (unpaired) electrons. The van der Waals surface area contributed by atoms with E-state index >= 15 is 0 Å². The summed E-state index contributed by atoms with van der Waals surface area (Å²) in [5.74, 6) is 2.14. The SMILES string of the molecule is CCCN(CCCC(=O)Nc1c(S)nc(C)nc1N(CC)CC)c1cccc(OC)c1. The maximum absolute atomic E-state index is 12.7. The van der Waals surface area contributed by atoms with Crippen molar-refractivity contribution in [3.05, 3.63) is 30.1 Å². The van der Waals surface area contributed by atoms with Crippen molar-refractivity contribution in [1.29, 1.82) is 0 Å². The number of benzene rings is 1. The Morgan fingerprint density at radius 1 is 1.13 bits per heavy atom. The zero-order valence-corrected chi connectivity index (χ0v) is 20.2. The van der Waals surface area contributed by atoms with Crippen LogP contribution in [-0.4, -0.2) is 49.2 Å². The van der Waals surface area contributed by atoms with Crippen molar-refractivity contribution in [3.8, 4) is 5.75 Å². The number of hydrogen-bond donors (Lipinski definition) is 2. The number of ether oxygens (including phenoxy) is 1. The minimum atomic E-state index is -0.0572. The van der Waals surface area contributed by atoms with Gasteiger partial charge in [0.05, 0.1) is 7.11 Å². The summed E-state index contributed by atoms with van der Waals surface area (Å²) in [5, 5.41) is 3.49. The molecule has 0 atom stereocenters. The number of aryl methyl sites for hydroxylation is 1. The van der Waals surface area contributed by atoms with Crippen molar-refractivity contribution in [2.24, 2.45) is 0 Å². The molecule has 1 N–H and O–H groups in total. The number of aromatic nitrogens is 2. The lowest BCUT2D eigenvalue weighted by Gasteiger charge is -2.25. The molecule has 8 heteroatoms. The predicted molar refractivity (Wildman–Crippen MR) is 131 cm³/mol. The monoisotopic (exact) mass is 445 g/mol. The Kier molecular flexibility index (Phi) is 9.91. The largest absolute Gasteiger partial charge is 0.497 e. The predicted octanol–water partition coefficient (Wildman–Crippen LogP) is 4.56. The number of rotatable bonds is 12. The van der Waals surface area contributed by atoms with Gasteiger partial charge in [0.1, 0.15) is 22.3 Å². The normalized spacial score (nSPS) is 10.6. The van der Waals surface area contributed by atoms with Crippen molar-refractivity contribution in [1.82, 2.24) is 9.97 Å². The number of carbonyl (C=O) groups excluding carboxylic acids is 1. The molecule has 2 rings (SSSR count). The lowest BCUT2D eigenvalue weighted by atomic mass is 10.2. The Bertz CT molecular complexity index is 858. The quantitative estimate of drug-likeness (QED) is 0.369. The molecule has 170 valence electrons. The van der Waals surface area contributed by atoms with Gasteiger partial charge in [-0.15, -0.1) is 12.6 Å². The van der Waals surface area contributed by atoms with Crippen molar-refractivity contribution in [2.45, 2.75) is 52.0 Å². The van der Waals surface area contributed by atoms with Crippen LogP contribution in [0.3, 0.4) is 0 Å². The number of nitrogens with zero attached hydrogens (tertiary/aromatic N) is 4. The molecule has 0 fully saturated rings. The van der Waals surface area contributed by atoms with Crippen LogP contribution in [0.25, 0.3) is 0 Å². The molecule has 1 amide bonds. The van der Waals surface area contributed by atoms with E-state index in [0.29, 0.717) is 23.0 Å². The van der Waals surface area contributed by atoms with E-state index in [0.717, 1.165) is 56.3 Å². The molecular weight excluding hydrogens is 410 g/mol. The first-order chi connectivity index (χ1) is 14.9. The van der Waals surface area contributed by atoms with E-state index in [-0.39, 0.29) is 5.91 Å². The number of thiol groups is 1. The highest BCUT2D eigenvalue weighted by Gasteiger charge is 2.18. The van der Waals surface area contributed by atoms with Crippen LogP contribution in [0.15, 0.2) is 29.3 Å². The molecule has 1 aromatic carbocycles. The molecule has 0 aliphatic heterocycles. The maximum Gasteiger partial charge on any atom is 0.224 e. The number of methoxy groups -OCH3 is 1. The zero-order chi connectivity index (χ0) is 22.8. The van der Waals surface area contributed by atoms with Gasteiger partial charge < -0.3 is 19.9 Å². The summed E-state index contributed by atoms with van der Waals surface area (Å²) in [6, 6.07) is 8.03. The molecule has 31 heavy (non-hydrogen) atoms. The molecule has 0 unspecified atom stereocenters. The van der Waals surface area contributed by atoms with Crippen molar-refractivity contribution >= 4 is 35.7 Å². The van der Waals surface area contributed by atoms with Gasteiger partial charge in [-0.1, -0.05) is 13.0 Å². The van der Waals surface area contributed by atoms with Gasteiger partial charge in [0, 0.05) is 44.4 Å². The first-order valence-corrected chi connectivity index (χ1v) is 11.4. The van der Waals surface area contributed by atoms with Crippen LogP contribution in [0.1, 0.15) is 45.9 Å². The van der Waals surface area contributed by atoms with Gasteiger partial charge in [-0.2, -0.15) is 0 Å². The van der Waals surface area contributed by atoms with E-state index in [1.807, 2.05) is 25.1 Å². The number of anilines is 3. The minimum Gasteiger partial charge on any atom is -0.497 e. The van der Waals surface area contributed by atoms with Crippen LogP contribution in [0.2, 0.25) is 0 Å². The fourth-order valence-corrected chi connectivity index (χ4v) is 3.79. The van der Waals surface area contributed by atoms with E-state index in [4.69, 9.17) is 4.74 Å². The van der Waals surface area contributed by atoms with Crippen LogP contribution in [0.4, 0.5) is 17.2 Å². The Hall–Kier alpha value is -2.48. The lowest BCUT2D eigenvalue weighted by Crippen LogP contribution is -2.27. The molecule has 7 nitrogen and oxygen atoms in total. The van der Waals surface area contributed by atoms with Gasteiger partial charge in [-0.05, 0) is 45.7 Å². The first kappa shape index (κ1) is 24.8. The van der Waals surface area contributed by atoms with E-state index in [9.17, 15) is 4.79 Å². The molecule has 0 saturated carbocycles. The van der Waals surface area contributed by atoms with Crippen LogP contribution in [0.5, 0.6) is 5.75 Å². The molecule has 0 spiro atoms. The average Bonchev–Trinajstić information content (AvgIpc) is 2.76. The van der Waals surface area contributed by atoms with Crippen LogP contribution in [-0.2, 0) is 4.79 Å². The fraction of sp³-hybridized carbons (Fsp3) is 0.522. The Balaban J connectivity index is 2.04. The third kappa shape index (κ3) is 7.02. The first-order valence-electron chi connectivity index (χ1n) is 10.9. The maximum atomic E-state index is 12.7. The van der Waals surface area contributed by atoms with Gasteiger partial charge >= 0.3 is 0 Å². The van der Waals surface area contributed by atoms with E-state index in [2.05, 4.69) is 64.6 Å². The lowest BCUT2D eigenvalue weighted by molar-refractivity contribution is -0.116. The Labute approximate surface area is 191 Å². The van der Waals surface area contributed by atoms with Crippen LogP contribution in [0, 0.1) is 6.92 Å². The summed E-state index contributed by atoms with van der Waals surface area (Å²) in [5.41, 5.74) is 1.69. The summed E-state index contributed by atoms with van der Waals surface area (Å²) in [6.45, 7) is 11.4. The second-order valence-electron chi connectivity index (χ2n) is 7.31. The molecule has 1 heterocycles. The Morgan fingerprint density at radius 2 is 1.87 bits per heavy atom. The topological polar surface area (TPSA) is 70.6 Å². The highest BCUT2D eigenvalue weighted by Crippen LogP contribution is 2.29. The van der Waals surface area contributed by atoms with E-state index < -0.39 is 0 Å². The third-order valence-corrected chi connectivity index (χ3v) is 5.38. The van der Waals surface area contributed by atoms with Crippen LogP contribution >= 0.6 is 12.6 Å². The smallest absolute Gasteiger partial charge is 0.224 e. The van der Waals surface area contributed by atoms with E-state index in [1.54, 1.807) is 7.11 Å². The van der Waals surface area contributed by atoms with Gasteiger partial charge in [0.25, 0.3) is 0 Å². The summed E-state index contributed by atoms with van der Waals surface area (Å²) in [6.07, 6.45) is 2.17. The Morgan fingerprint density at radius 3 is 2.52 bits per heavy atom. The molecule has 0 aliphatic rings. The third-order valence-electron chi connectivity index (χ3n) is 5.05. The van der Waals surface area contributed by atoms with Gasteiger partial charge in [0.2, 0.25) is 5.91 Å². The highest BCUT2D eigenvalue weighted by atomic mass is 32.1. The molecule has 0 saturated heterocycles. The average molecular weight is 446 g/mol. The number of hydrogen-bond acceptors (Lipinski definition) is 7. The number of carbonyl (C=O) groups is 1. The standard InChI is InChI=1S/C23H35N5O2S/c1-6-14-28(18-11-9-12-19(16-18)30-5)15-10-13-20(29)26-21-22(27(7-2)8-3)24-17(4)25-23(21)31/h9,11-12,16H,6-8,10,13-15H2,1-5H3,(H,26,29)(H,24,25,31).